The van der Waals surface area contributed by atoms with Gasteiger partial charge in [-0.25, -0.2) is 4.98 Å². The average molecular weight is 296 g/mol. The van der Waals surface area contributed by atoms with E-state index < -0.39 is 0 Å². The summed E-state index contributed by atoms with van der Waals surface area (Å²) in [6, 6.07) is 10.1. The van der Waals surface area contributed by atoms with Gasteiger partial charge in [0, 0.05) is 23.5 Å². The van der Waals surface area contributed by atoms with E-state index in [1.807, 2.05) is 24.4 Å². The predicted molar refractivity (Wildman–Crippen MR) is 87.7 cm³/mol. The van der Waals surface area contributed by atoms with Gasteiger partial charge in [0.1, 0.15) is 5.65 Å². The molecule has 0 radical (unpaired) electrons. The maximum atomic E-state index is 6.31. The van der Waals surface area contributed by atoms with E-state index in [1.165, 1.54) is 5.56 Å². The number of nitrogens with zero attached hydrogens (tertiary/aromatic N) is 1. The molecule has 0 unspecified atom stereocenters. The van der Waals surface area contributed by atoms with E-state index in [9.17, 15) is 0 Å². The van der Waals surface area contributed by atoms with Gasteiger partial charge < -0.3 is 10.3 Å². The Labute approximate surface area is 128 Å². The summed E-state index contributed by atoms with van der Waals surface area (Å²) in [6.07, 6.45) is 3.51. The highest BCUT2D eigenvalue weighted by Crippen LogP contribution is 2.24. The van der Waals surface area contributed by atoms with Crippen molar-refractivity contribution in [2.45, 2.75) is 6.92 Å². The lowest BCUT2D eigenvalue weighted by molar-refractivity contribution is 1.31. The van der Waals surface area contributed by atoms with Crippen molar-refractivity contribution in [3.63, 3.8) is 0 Å². The lowest BCUT2D eigenvalue weighted by atomic mass is 10.2. The van der Waals surface area contributed by atoms with Crippen LogP contribution < -0.4 is 5.32 Å². The Morgan fingerprint density at radius 3 is 2.86 bits per heavy atom. The van der Waals surface area contributed by atoms with Crippen molar-refractivity contribution < 1.29 is 0 Å². The Balaban J connectivity index is 1.71. The molecule has 21 heavy (non-hydrogen) atoms. The molecule has 0 amide bonds. The number of fused-ring (bicyclic) bond motifs is 1. The summed E-state index contributed by atoms with van der Waals surface area (Å²) < 4.78 is 0. The van der Waals surface area contributed by atoms with Gasteiger partial charge in [-0.05, 0) is 25.1 Å². The van der Waals surface area contributed by atoms with Crippen molar-refractivity contribution >= 4 is 28.3 Å². The van der Waals surface area contributed by atoms with E-state index in [-0.39, 0.29) is 0 Å². The highest BCUT2D eigenvalue weighted by atomic mass is 35.5. The van der Waals surface area contributed by atoms with Gasteiger partial charge in [0.05, 0.1) is 17.1 Å². The molecule has 0 saturated carbocycles. The highest BCUT2D eigenvalue weighted by Gasteiger charge is 2.04. The molecule has 4 heteroatoms. The largest absolute Gasteiger partial charge is 0.374 e. The van der Waals surface area contributed by atoms with Crippen molar-refractivity contribution in [3.05, 3.63) is 58.9 Å². The molecule has 1 aromatic carbocycles. The van der Waals surface area contributed by atoms with Crippen molar-refractivity contribution in [2.75, 3.05) is 11.9 Å². The van der Waals surface area contributed by atoms with Gasteiger partial charge in [-0.2, -0.15) is 0 Å². The van der Waals surface area contributed by atoms with Gasteiger partial charge in [-0.15, -0.1) is 0 Å². The first-order valence-corrected chi connectivity index (χ1v) is 7.03. The minimum absolute atomic E-state index is 0.560. The van der Waals surface area contributed by atoms with Gasteiger partial charge in [-0.3, -0.25) is 0 Å². The molecule has 3 nitrogen and oxygen atoms in total. The van der Waals surface area contributed by atoms with Crippen LogP contribution >= 0.6 is 11.6 Å². The fourth-order valence-electron chi connectivity index (χ4n) is 2.02. The summed E-state index contributed by atoms with van der Waals surface area (Å²) in [4.78, 5) is 7.31. The molecule has 0 bridgehead atoms. The first kappa shape index (κ1) is 13.5. The standard InChI is InChI=1S/C17H14ClN3/c1-12-4-6-14(7-5-12)19-9-2-3-13-11-21-17-15(16(13)18)8-10-20-17/h4-8,10-11,19H,9H2,1H3,(H,20,21). The normalized spacial score (nSPS) is 10.2. The lowest BCUT2D eigenvalue weighted by Crippen LogP contribution is -1.98. The molecule has 0 aliphatic heterocycles. The molecular formula is C17H14ClN3. The number of anilines is 1. The Kier molecular flexibility index (Phi) is 3.81. The zero-order valence-electron chi connectivity index (χ0n) is 11.6. The van der Waals surface area contributed by atoms with Crippen LogP contribution in [0.3, 0.4) is 0 Å². The number of pyridine rings is 1. The number of benzene rings is 1. The van der Waals surface area contributed by atoms with E-state index in [0.29, 0.717) is 11.6 Å². The third-order valence-electron chi connectivity index (χ3n) is 3.18. The first-order chi connectivity index (χ1) is 10.2. The summed E-state index contributed by atoms with van der Waals surface area (Å²) in [5.74, 6) is 6.12. The predicted octanol–water partition coefficient (Wildman–Crippen LogP) is 3.99. The van der Waals surface area contributed by atoms with E-state index >= 15 is 0 Å². The molecule has 0 saturated heterocycles. The molecule has 104 valence electrons. The van der Waals surface area contributed by atoms with Gasteiger partial charge >= 0.3 is 0 Å². The number of aromatic nitrogens is 2. The molecule has 2 heterocycles. The second-order valence-electron chi connectivity index (χ2n) is 4.75. The number of hydrogen-bond donors (Lipinski definition) is 2. The number of nitrogens with one attached hydrogen (secondary N) is 2. The first-order valence-electron chi connectivity index (χ1n) is 6.65. The molecule has 2 N–H and O–H groups in total. The van der Waals surface area contributed by atoms with Gasteiger partial charge in [-0.1, -0.05) is 41.1 Å². The van der Waals surface area contributed by atoms with Gasteiger partial charge in [0.25, 0.3) is 0 Å². The maximum absolute atomic E-state index is 6.31. The zero-order valence-corrected chi connectivity index (χ0v) is 12.3. The van der Waals surface area contributed by atoms with E-state index in [2.05, 4.69) is 46.2 Å². The van der Waals surface area contributed by atoms with Crippen LogP contribution in [0.25, 0.3) is 11.0 Å². The van der Waals surface area contributed by atoms with Crippen LogP contribution in [0.5, 0.6) is 0 Å². The maximum Gasteiger partial charge on any atom is 0.138 e. The molecule has 0 atom stereocenters. The van der Waals surface area contributed by atoms with Crippen LogP contribution in [-0.2, 0) is 0 Å². The number of hydrogen-bond acceptors (Lipinski definition) is 2. The number of aromatic amines is 1. The number of H-pyrrole nitrogens is 1. The van der Waals surface area contributed by atoms with Crippen molar-refractivity contribution in [2.24, 2.45) is 0 Å². The van der Waals surface area contributed by atoms with Crippen LogP contribution in [0.2, 0.25) is 5.02 Å². The van der Waals surface area contributed by atoms with Crippen molar-refractivity contribution in [3.8, 4) is 11.8 Å². The lowest BCUT2D eigenvalue weighted by Gasteiger charge is -2.02. The van der Waals surface area contributed by atoms with Crippen LogP contribution in [-0.4, -0.2) is 16.5 Å². The van der Waals surface area contributed by atoms with E-state index in [4.69, 9.17) is 11.6 Å². The zero-order chi connectivity index (χ0) is 14.7. The van der Waals surface area contributed by atoms with Crippen molar-refractivity contribution in [1.82, 2.24) is 9.97 Å². The summed E-state index contributed by atoms with van der Waals surface area (Å²) in [7, 11) is 0. The number of aryl methyl sites for hydroxylation is 1. The monoisotopic (exact) mass is 295 g/mol. The minimum atomic E-state index is 0.560. The number of halogens is 1. The third kappa shape index (κ3) is 3.01. The van der Waals surface area contributed by atoms with Crippen LogP contribution in [0.1, 0.15) is 11.1 Å². The summed E-state index contributed by atoms with van der Waals surface area (Å²) in [6.45, 7) is 2.63. The van der Waals surface area contributed by atoms with Gasteiger partial charge in [0.15, 0.2) is 0 Å². The Morgan fingerprint density at radius 2 is 2.05 bits per heavy atom. The third-order valence-corrected chi connectivity index (χ3v) is 3.58. The molecule has 3 aromatic rings. The molecule has 3 rings (SSSR count). The summed E-state index contributed by atoms with van der Waals surface area (Å²) in [5.41, 5.74) is 3.82. The second kappa shape index (κ2) is 5.90. The molecule has 0 aliphatic rings. The second-order valence-corrected chi connectivity index (χ2v) is 5.13. The Morgan fingerprint density at radius 1 is 1.24 bits per heavy atom. The molecule has 0 spiro atoms. The molecular weight excluding hydrogens is 282 g/mol. The van der Waals surface area contributed by atoms with Gasteiger partial charge in [0.2, 0.25) is 0 Å². The fraction of sp³-hybridized carbons (Fsp3) is 0.118. The van der Waals surface area contributed by atoms with Crippen LogP contribution in [0.15, 0.2) is 42.7 Å². The summed E-state index contributed by atoms with van der Waals surface area (Å²) >= 11 is 6.31. The average Bonchev–Trinajstić information content (AvgIpc) is 2.97. The van der Waals surface area contributed by atoms with Crippen LogP contribution in [0.4, 0.5) is 5.69 Å². The molecule has 0 fully saturated rings. The minimum Gasteiger partial charge on any atom is -0.374 e. The quantitative estimate of drug-likeness (QED) is 0.702. The number of rotatable bonds is 2. The van der Waals surface area contributed by atoms with Crippen molar-refractivity contribution in [1.29, 1.82) is 0 Å². The SMILES string of the molecule is Cc1ccc(NCC#Cc2cnc3[nH]ccc3c2Cl)cc1. The molecule has 2 aromatic heterocycles. The Hall–Kier alpha value is -2.44. The van der Waals surface area contributed by atoms with E-state index in [0.717, 1.165) is 22.3 Å². The smallest absolute Gasteiger partial charge is 0.138 e. The Bertz CT molecular complexity index is 823. The van der Waals surface area contributed by atoms with Crippen LogP contribution in [0, 0.1) is 18.8 Å². The molecule has 0 aliphatic carbocycles. The fourth-order valence-corrected chi connectivity index (χ4v) is 2.27. The highest BCUT2D eigenvalue weighted by molar-refractivity contribution is 6.36. The van der Waals surface area contributed by atoms with E-state index in [1.54, 1.807) is 6.20 Å². The summed E-state index contributed by atoms with van der Waals surface area (Å²) in [5, 5.41) is 4.79. The topological polar surface area (TPSA) is 40.7 Å².